The highest BCUT2D eigenvalue weighted by Crippen LogP contribution is 2.31. The van der Waals surface area contributed by atoms with Crippen LogP contribution in [0.2, 0.25) is 0 Å². The minimum Gasteiger partial charge on any atom is -0.488 e. The molecule has 0 fully saturated rings. The molecule has 0 aliphatic rings. The van der Waals surface area contributed by atoms with Crippen molar-refractivity contribution in [1.82, 2.24) is 0 Å². The second-order valence-electron chi connectivity index (χ2n) is 9.81. The van der Waals surface area contributed by atoms with Crippen molar-refractivity contribution < 1.29 is 9.47 Å². The van der Waals surface area contributed by atoms with Crippen LogP contribution in [0.15, 0.2) is 60.9 Å². The van der Waals surface area contributed by atoms with Gasteiger partial charge >= 0.3 is 0 Å². The van der Waals surface area contributed by atoms with Crippen LogP contribution in [0.3, 0.4) is 0 Å². The van der Waals surface area contributed by atoms with E-state index in [-0.39, 0.29) is 19.1 Å². The average molecular weight is 481 g/mol. The second-order valence-corrected chi connectivity index (χ2v) is 9.81. The maximum absolute atomic E-state index is 5.90. The third-order valence-electron chi connectivity index (χ3n) is 4.66. The molecule has 34 heavy (non-hydrogen) atoms. The standard InChI is InChI=1S/C14H26O2.C12H22.C3H8.C2H4.CH4/c1-7-9-13(8-2)16-14(5,6)10-11-15-12(3)4;1-7-9-11(8-2)10(3)12(4,5)6;1-3-2;1-2;/h7-9,12H,10-11H2,1-6H3;7-10H,1-6H3;3H2,1-2H3;1-2H2;1H4/b9-7-,13-8+;9-7-,11-8+;;;. The summed E-state index contributed by atoms with van der Waals surface area (Å²) < 4.78 is 11.4. The van der Waals surface area contributed by atoms with Gasteiger partial charge in [0, 0.05) is 6.42 Å². The van der Waals surface area contributed by atoms with E-state index >= 15 is 0 Å². The first-order valence-electron chi connectivity index (χ1n) is 12.6. The van der Waals surface area contributed by atoms with E-state index in [4.69, 9.17) is 9.47 Å². The Bertz CT molecular complexity index is 540. The van der Waals surface area contributed by atoms with Crippen molar-refractivity contribution >= 4 is 0 Å². The largest absolute Gasteiger partial charge is 0.488 e. The van der Waals surface area contributed by atoms with Crippen LogP contribution in [0.5, 0.6) is 0 Å². The first kappa shape index (κ1) is 42.6. The Labute approximate surface area is 217 Å². The zero-order chi connectivity index (χ0) is 27.1. The Balaban J connectivity index is -0.000000138. The van der Waals surface area contributed by atoms with Crippen molar-refractivity contribution in [3.05, 3.63) is 60.9 Å². The molecule has 0 radical (unpaired) electrons. The molecule has 2 nitrogen and oxygen atoms in total. The Morgan fingerprint density at radius 3 is 1.56 bits per heavy atom. The molecule has 0 aromatic rings. The minimum atomic E-state index is -0.184. The lowest BCUT2D eigenvalue weighted by Gasteiger charge is -2.28. The molecule has 0 saturated heterocycles. The summed E-state index contributed by atoms with van der Waals surface area (Å²) in [7, 11) is 0. The van der Waals surface area contributed by atoms with Crippen LogP contribution < -0.4 is 0 Å². The molecular formula is C32H64O2. The van der Waals surface area contributed by atoms with Crippen LogP contribution in [-0.2, 0) is 9.47 Å². The Kier molecular flexibility index (Phi) is 32.7. The third-order valence-corrected chi connectivity index (χ3v) is 4.66. The van der Waals surface area contributed by atoms with Gasteiger partial charge in [-0.05, 0) is 84.4 Å². The molecule has 0 amide bonds. The molecule has 0 N–H and O–H groups in total. The molecule has 0 aliphatic carbocycles. The normalized spacial score (nSPS) is 13.1. The van der Waals surface area contributed by atoms with Gasteiger partial charge in [0.25, 0.3) is 0 Å². The highest BCUT2D eigenvalue weighted by Gasteiger charge is 2.21. The monoisotopic (exact) mass is 480 g/mol. The van der Waals surface area contributed by atoms with Gasteiger partial charge < -0.3 is 9.47 Å². The fourth-order valence-electron chi connectivity index (χ4n) is 2.45. The summed E-state index contributed by atoms with van der Waals surface area (Å²) >= 11 is 0. The number of rotatable bonds is 9. The van der Waals surface area contributed by atoms with E-state index in [2.05, 4.69) is 101 Å². The lowest BCUT2D eigenvalue weighted by molar-refractivity contribution is -0.00842. The summed E-state index contributed by atoms with van der Waals surface area (Å²) in [5, 5.41) is 0. The van der Waals surface area contributed by atoms with E-state index < -0.39 is 0 Å². The van der Waals surface area contributed by atoms with Crippen molar-refractivity contribution in [2.24, 2.45) is 11.3 Å². The van der Waals surface area contributed by atoms with Gasteiger partial charge in [-0.15, -0.1) is 13.2 Å². The van der Waals surface area contributed by atoms with E-state index in [1.165, 1.54) is 12.0 Å². The van der Waals surface area contributed by atoms with E-state index in [0.29, 0.717) is 11.3 Å². The van der Waals surface area contributed by atoms with Crippen molar-refractivity contribution in [1.29, 1.82) is 0 Å². The molecule has 1 atom stereocenters. The molecule has 0 bridgehead atoms. The molecule has 0 aliphatic heterocycles. The first-order chi connectivity index (χ1) is 15.3. The Morgan fingerprint density at radius 1 is 0.824 bits per heavy atom. The highest BCUT2D eigenvalue weighted by molar-refractivity contribution is 5.21. The molecule has 0 heterocycles. The number of ether oxygens (including phenoxy) is 2. The summed E-state index contributed by atoms with van der Waals surface area (Å²) in [6.07, 6.45) is 14.9. The summed E-state index contributed by atoms with van der Waals surface area (Å²) in [5.41, 5.74) is 1.61. The molecule has 2 heteroatoms. The van der Waals surface area contributed by atoms with Crippen LogP contribution in [0.1, 0.15) is 117 Å². The SMILES string of the molecule is C.C/C=C\C(=C/C)C(C)C(C)(C)C.C/C=C\C(=C/C)OC(C)(C)CCOC(C)C.C=C.CCC. The lowest BCUT2D eigenvalue weighted by atomic mass is 9.77. The van der Waals surface area contributed by atoms with E-state index in [1.807, 2.05) is 45.9 Å². The summed E-state index contributed by atoms with van der Waals surface area (Å²) in [4.78, 5) is 0. The van der Waals surface area contributed by atoms with Gasteiger partial charge in [-0.25, -0.2) is 0 Å². The van der Waals surface area contributed by atoms with Gasteiger partial charge in [0.1, 0.15) is 11.4 Å². The van der Waals surface area contributed by atoms with Gasteiger partial charge in [0.05, 0.1) is 12.7 Å². The quantitative estimate of drug-likeness (QED) is 0.185. The topological polar surface area (TPSA) is 18.5 Å². The van der Waals surface area contributed by atoms with E-state index in [9.17, 15) is 0 Å². The zero-order valence-electron chi connectivity index (χ0n) is 25.0. The zero-order valence-corrected chi connectivity index (χ0v) is 25.0. The Hall–Kier alpha value is -1.54. The Morgan fingerprint density at radius 2 is 1.26 bits per heavy atom. The summed E-state index contributed by atoms with van der Waals surface area (Å²) in [5.74, 6) is 1.54. The number of allylic oxidation sites excluding steroid dienone is 7. The van der Waals surface area contributed by atoms with Crippen LogP contribution in [0.25, 0.3) is 0 Å². The number of hydrogen-bond acceptors (Lipinski definition) is 2. The molecule has 204 valence electrons. The second kappa shape index (κ2) is 26.1. The van der Waals surface area contributed by atoms with Crippen molar-refractivity contribution in [2.75, 3.05) is 6.61 Å². The fraction of sp³-hybridized carbons (Fsp3) is 0.688. The maximum atomic E-state index is 5.90. The van der Waals surface area contributed by atoms with Crippen LogP contribution in [0, 0.1) is 11.3 Å². The van der Waals surface area contributed by atoms with Gasteiger partial charge in [-0.1, -0.05) is 79.7 Å². The number of hydrogen-bond donors (Lipinski definition) is 0. The van der Waals surface area contributed by atoms with Crippen LogP contribution in [-0.4, -0.2) is 18.3 Å². The highest BCUT2D eigenvalue weighted by atomic mass is 16.5. The molecule has 1 unspecified atom stereocenters. The third kappa shape index (κ3) is 28.5. The van der Waals surface area contributed by atoms with Crippen LogP contribution >= 0.6 is 0 Å². The maximum Gasteiger partial charge on any atom is 0.115 e. The van der Waals surface area contributed by atoms with Gasteiger partial charge in [0.2, 0.25) is 0 Å². The summed E-state index contributed by atoms with van der Waals surface area (Å²) in [6, 6.07) is 0. The molecule has 0 rings (SSSR count). The van der Waals surface area contributed by atoms with E-state index in [0.717, 1.165) is 18.8 Å². The van der Waals surface area contributed by atoms with Crippen molar-refractivity contribution in [3.63, 3.8) is 0 Å². The minimum absolute atomic E-state index is 0. The average Bonchev–Trinajstić information content (AvgIpc) is 2.72. The molecule has 0 spiro atoms. The van der Waals surface area contributed by atoms with Crippen LogP contribution in [0.4, 0.5) is 0 Å². The predicted octanol–water partition coefficient (Wildman–Crippen LogP) is 11.1. The van der Waals surface area contributed by atoms with Crippen molar-refractivity contribution in [3.8, 4) is 0 Å². The fourth-order valence-corrected chi connectivity index (χ4v) is 2.45. The predicted molar refractivity (Wildman–Crippen MR) is 161 cm³/mol. The lowest BCUT2D eigenvalue weighted by Crippen LogP contribution is -2.26. The van der Waals surface area contributed by atoms with E-state index in [1.54, 1.807) is 0 Å². The summed E-state index contributed by atoms with van der Waals surface area (Å²) in [6.45, 7) is 36.5. The van der Waals surface area contributed by atoms with Crippen molar-refractivity contribution in [2.45, 2.75) is 129 Å². The molecule has 0 aromatic carbocycles. The first-order valence-corrected chi connectivity index (χ1v) is 12.6. The smallest absolute Gasteiger partial charge is 0.115 e. The molecule has 0 saturated carbocycles. The molecular weight excluding hydrogens is 416 g/mol. The van der Waals surface area contributed by atoms with Gasteiger partial charge in [-0.3, -0.25) is 0 Å². The van der Waals surface area contributed by atoms with Gasteiger partial charge in [0.15, 0.2) is 0 Å². The molecule has 0 aromatic heterocycles. The van der Waals surface area contributed by atoms with Gasteiger partial charge in [-0.2, -0.15) is 0 Å².